The van der Waals surface area contributed by atoms with Crippen molar-refractivity contribution in [3.63, 3.8) is 0 Å². The number of hydrogen-bond acceptors (Lipinski definition) is 3. The van der Waals surface area contributed by atoms with Crippen LogP contribution >= 0.6 is 0 Å². The van der Waals surface area contributed by atoms with Crippen LogP contribution in [-0.4, -0.2) is 31.0 Å². The number of carbonyl (C=O) groups is 1. The Hall–Kier alpha value is -2.11. The molecule has 13 heavy (non-hydrogen) atoms. The molecule has 0 aromatic carbocycles. The maximum atomic E-state index is 10.7. The van der Waals surface area contributed by atoms with Crippen LogP contribution in [0.15, 0.2) is 18.7 Å². The Morgan fingerprint density at radius 1 is 1.38 bits per heavy atom. The maximum absolute atomic E-state index is 10.7. The number of carboxylic acids is 1. The van der Waals surface area contributed by atoms with Crippen LogP contribution in [0, 0.1) is 0 Å². The number of rotatable bonds is 2. The van der Waals surface area contributed by atoms with Crippen LogP contribution in [-0.2, 0) is 0 Å². The number of carboxylic acid groups (broad SMARTS) is 1. The smallest absolute Gasteiger partial charge is 0.354 e. The molecular weight excluding hydrogens is 172 g/mol. The van der Waals surface area contributed by atoms with Gasteiger partial charge in [0, 0.05) is 12.4 Å². The summed E-state index contributed by atoms with van der Waals surface area (Å²) in [6.07, 6.45) is 4.46. The summed E-state index contributed by atoms with van der Waals surface area (Å²) in [5.74, 6) is -0.609. The molecule has 66 valence electrons. The van der Waals surface area contributed by atoms with Crippen molar-refractivity contribution in [1.82, 2.24) is 19.9 Å². The molecule has 0 aliphatic carbocycles. The Balaban J connectivity index is 2.52. The molecule has 3 N–H and O–H groups in total. The van der Waals surface area contributed by atoms with E-state index >= 15 is 0 Å². The molecule has 0 saturated heterocycles. The number of aromatic nitrogens is 4. The molecule has 0 amide bonds. The average Bonchev–Trinajstić information content (AvgIpc) is 2.74. The van der Waals surface area contributed by atoms with E-state index < -0.39 is 5.97 Å². The quantitative estimate of drug-likeness (QED) is 0.623. The predicted molar refractivity (Wildman–Crippen MR) is 43.1 cm³/mol. The highest BCUT2D eigenvalue weighted by Crippen LogP contribution is 2.14. The SMILES string of the molecule is O=C(O)c1[nH]cnc1-c1ncc[nH]1. The zero-order valence-corrected chi connectivity index (χ0v) is 6.48. The zero-order chi connectivity index (χ0) is 9.26. The largest absolute Gasteiger partial charge is 0.477 e. The lowest BCUT2D eigenvalue weighted by atomic mass is 10.3. The second-order valence-electron chi connectivity index (χ2n) is 2.37. The minimum Gasteiger partial charge on any atom is -0.477 e. The van der Waals surface area contributed by atoms with Gasteiger partial charge >= 0.3 is 5.97 Å². The second kappa shape index (κ2) is 2.74. The molecule has 0 spiro atoms. The van der Waals surface area contributed by atoms with Crippen molar-refractivity contribution in [3.8, 4) is 11.5 Å². The summed E-state index contributed by atoms with van der Waals surface area (Å²) in [5.41, 5.74) is 0.354. The normalized spacial score (nSPS) is 10.2. The summed E-state index contributed by atoms with van der Waals surface area (Å²) in [6.45, 7) is 0. The number of hydrogen-bond donors (Lipinski definition) is 3. The fraction of sp³-hybridized carbons (Fsp3) is 0. The first-order valence-electron chi connectivity index (χ1n) is 3.55. The Kier molecular flexibility index (Phi) is 1.59. The Morgan fingerprint density at radius 3 is 2.85 bits per heavy atom. The Morgan fingerprint density at radius 2 is 2.23 bits per heavy atom. The van der Waals surface area contributed by atoms with E-state index in [4.69, 9.17) is 5.11 Å². The number of nitrogens with one attached hydrogen (secondary N) is 2. The van der Waals surface area contributed by atoms with Crippen LogP contribution in [0.5, 0.6) is 0 Å². The number of aromatic carboxylic acids is 1. The molecule has 2 aromatic rings. The predicted octanol–water partition coefficient (Wildman–Crippen LogP) is 0.498. The van der Waals surface area contributed by atoms with Crippen molar-refractivity contribution in [2.45, 2.75) is 0 Å². The fourth-order valence-electron chi connectivity index (χ4n) is 1.03. The van der Waals surface area contributed by atoms with E-state index in [1.54, 1.807) is 6.20 Å². The molecule has 0 radical (unpaired) electrons. The van der Waals surface area contributed by atoms with E-state index in [-0.39, 0.29) is 5.69 Å². The summed E-state index contributed by atoms with van der Waals surface area (Å²) in [7, 11) is 0. The third kappa shape index (κ3) is 1.18. The number of imidazole rings is 2. The van der Waals surface area contributed by atoms with E-state index in [1.807, 2.05) is 0 Å². The molecule has 0 saturated carbocycles. The monoisotopic (exact) mass is 178 g/mol. The standard InChI is InChI=1S/C7H6N4O2/c12-7(13)5-4(10-3-11-5)6-8-1-2-9-6/h1-3H,(H,8,9)(H,10,11)(H,12,13). The third-order valence-corrected chi connectivity index (χ3v) is 1.58. The summed E-state index contributed by atoms with van der Waals surface area (Å²) in [5, 5.41) is 8.74. The van der Waals surface area contributed by atoms with E-state index in [9.17, 15) is 4.79 Å². The van der Waals surface area contributed by atoms with E-state index in [0.717, 1.165) is 0 Å². The molecule has 2 rings (SSSR count). The average molecular weight is 178 g/mol. The highest BCUT2D eigenvalue weighted by atomic mass is 16.4. The van der Waals surface area contributed by atoms with Gasteiger partial charge in [-0.15, -0.1) is 0 Å². The molecule has 0 aliphatic rings. The first kappa shape index (κ1) is 7.53. The highest BCUT2D eigenvalue weighted by Gasteiger charge is 2.15. The second-order valence-corrected chi connectivity index (χ2v) is 2.37. The molecule has 0 bridgehead atoms. The van der Waals surface area contributed by atoms with Crippen LogP contribution in [0.2, 0.25) is 0 Å². The van der Waals surface area contributed by atoms with Crippen molar-refractivity contribution in [2.24, 2.45) is 0 Å². The topological polar surface area (TPSA) is 94.7 Å². The summed E-state index contributed by atoms with van der Waals surface area (Å²) in [4.78, 5) is 23.7. The van der Waals surface area contributed by atoms with Gasteiger partial charge in [-0.25, -0.2) is 14.8 Å². The van der Waals surface area contributed by atoms with E-state index in [2.05, 4.69) is 19.9 Å². The fourth-order valence-corrected chi connectivity index (χ4v) is 1.03. The Bertz CT molecular complexity index is 417. The number of nitrogens with zero attached hydrogens (tertiary/aromatic N) is 2. The van der Waals surface area contributed by atoms with Gasteiger partial charge in [0.05, 0.1) is 6.33 Å². The summed E-state index contributed by atoms with van der Waals surface area (Å²) in [6, 6.07) is 0. The summed E-state index contributed by atoms with van der Waals surface area (Å²) >= 11 is 0. The van der Waals surface area contributed by atoms with Crippen molar-refractivity contribution in [2.75, 3.05) is 0 Å². The number of H-pyrrole nitrogens is 2. The van der Waals surface area contributed by atoms with Crippen LogP contribution in [0.4, 0.5) is 0 Å². The van der Waals surface area contributed by atoms with Gasteiger partial charge < -0.3 is 15.1 Å². The van der Waals surface area contributed by atoms with Gasteiger partial charge in [-0.3, -0.25) is 0 Å². The van der Waals surface area contributed by atoms with E-state index in [0.29, 0.717) is 11.5 Å². The van der Waals surface area contributed by atoms with E-state index in [1.165, 1.54) is 12.5 Å². The number of aromatic amines is 2. The molecule has 6 nitrogen and oxygen atoms in total. The maximum Gasteiger partial charge on any atom is 0.354 e. The van der Waals surface area contributed by atoms with Crippen molar-refractivity contribution in [3.05, 3.63) is 24.4 Å². The zero-order valence-electron chi connectivity index (χ0n) is 6.48. The minimum atomic E-state index is -1.05. The first-order chi connectivity index (χ1) is 6.29. The van der Waals surface area contributed by atoms with Crippen molar-refractivity contribution >= 4 is 5.97 Å². The summed E-state index contributed by atoms with van der Waals surface area (Å²) < 4.78 is 0. The molecule has 0 unspecified atom stereocenters. The lowest BCUT2D eigenvalue weighted by molar-refractivity contribution is 0.0692. The van der Waals surface area contributed by atoms with Gasteiger partial charge in [0.15, 0.2) is 11.5 Å². The van der Waals surface area contributed by atoms with Crippen LogP contribution in [0.3, 0.4) is 0 Å². The molecule has 2 aromatic heterocycles. The molecule has 0 aliphatic heterocycles. The van der Waals surface area contributed by atoms with Gasteiger partial charge in [0.2, 0.25) is 0 Å². The Labute approximate surface area is 72.7 Å². The van der Waals surface area contributed by atoms with Gasteiger partial charge in [0.1, 0.15) is 5.69 Å². The molecular formula is C7H6N4O2. The van der Waals surface area contributed by atoms with Gasteiger partial charge in [-0.1, -0.05) is 0 Å². The lowest BCUT2D eigenvalue weighted by Crippen LogP contribution is -1.99. The van der Waals surface area contributed by atoms with Crippen molar-refractivity contribution in [1.29, 1.82) is 0 Å². The highest BCUT2D eigenvalue weighted by molar-refractivity contribution is 5.91. The molecule has 2 heterocycles. The van der Waals surface area contributed by atoms with Crippen LogP contribution in [0.1, 0.15) is 10.5 Å². The van der Waals surface area contributed by atoms with Crippen LogP contribution in [0.25, 0.3) is 11.5 Å². The van der Waals surface area contributed by atoms with Crippen LogP contribution < -0.4 is 0 Å². The first-order valence-corrected chi connectivity index (χ1v) is 3.55. The minimum absolute atomic E-state index is 0.0370. The lowest BCUT2D eigenvalue weighted by Gasteiger charge is -1.92. The molecule has 0 fully saturated rings. The van der Waals surface area contributed by atoms with Crippen molar-refractivity contribution < 1.29 is 9.90 Å². The molecule has 0 atom stereocenters. The van der Waals surface area contributed by atoms with Gasteiger partial charge in [-0.2, -0.15) is 0 Å². The molecule has 6 heteroatoms. The third-order valence-electron chi connectivity index (χ3n) is 1.58. The van der Waals surface area contributed by atoms with Gasteiger partial charge in [0.25, 0.3) is 0 Å². The van der Waals surface area contributed by atoms with Gasteiger partial charge in [-0.05, 0) is 0 Å².